The molecule has 0 radical (unpaired) electrons. The van der Waals surface area contributed by atoms with Gasteiger partial charge in [-0.2, -0.15) is 0 Å². The van der Waals surface area contributed by atoms with Crippen molar-refractivity contribution in [3.05, 3.63) is 207 Å². The molecule has 13 rings (SSSR count). The first kappa shape index (κ1) is 35.9. The van der Waals surface area contributed by atoms with Crippen LogP contribution in [0.1, 0.15) is 0 Å². The van der Waals surface area contributed by atoms with Crippen LogP contribution in [0.4, 0.5) is 0 Å². The molecule has 7 heteroatoms. The average Bonchev–Trinajstić information content (AvgIpc) is 3.91. The van der Waals surface area contributed by atoms with Crippen LogP contribution in [0.25, 0.3) is 128 Å². The van der Waals surface area contributed by atoms with Gasteiger partial charge in [-0.15, -0.1) is 0 Å². The van der Waals surface area contributed by atoms with E-state index in [1.165, 1.54) is 26.9 Å². The van der Waals surface area contributed by atoms with Crippen molar-refractivity contribution in [1.29, 1.82) is 0 Å². The molecule has 0 N–H and O–H groups in total. The molecule has 298 valence electrons. The van der Waals surface area contributed by atoms with E-state index in [1.54, 1.807) is 6.33 Å². The summed E-state index contributed by atoms with van der Waals surface area (Å²) < 4.78 is 8.73. The number of rotatable bonds is 6. The molecule has 0 aliphatic carbocycles. The number of furan rings is 1. The van der Waals surface area contributed by atoms with Crippen LogP contribution in [0.5, 0.6) is 0 Å². The lowest BCUT2D eigenvalue weighted by molar-refractivity contribution is 0.652. The highest BCUT2D eigenvalue weighted by atomic mass is 16.3. The zero-order chi connectivity index (χ0) is 42.1. The van der Waals surface area contributed by atoms with Gasteiger partial charge in [-0.05, 0) is 81.7 Å². The van der Waals surface area contributed by atoms with Crippen molar-refractivity contribution in [2.75, 3.05) is 0 Å². The Kier molecular flexibility index (Phi) is 8.08. The third-order valence-corrected chi connectivity index (χ3v) is 12.3. The van der Waals surface area contributed by atoms with Crippen molar-refractivity contribution in [2.24, 2.45) is 0 Å². The minimum atomic E-state index is 0.521. The Hall–Kier alpha value is -8.81. The first-order valence-electron chi connectivity index (χ1n) is 21.3. The molecule has 0 aliphatic heterocycles. The van der Waals surface area contributed by atoms with Gasteiger partial charge in [-0.3, -0.25) is 0 Å². The summed E-state index contributed by atoms with van der Waals surface area (Å²) in [6.45, 7) is 0. The summed E-state index contributed by atoms with van der Waals surface area (Å²) in [4.78, 5) is 24.5. The summed E-state index contributed by atoms with van der Waals surface area (Å²) in [5.41, 5.74) is 13.5. The number of para-hydroxylation sites is 2. The number of fused-ring (bicyclic) bond motifs is 8. The molecule has 0 fully saturated rings. The van der Waals surface area contributed by atoms with Gasteiger partial charge in [-0.1, -0.05) is 140 Å². The molecule has 5 heterocycles. The second kappa shape index (κ2) is 14.4. The van der Waals surface area contributed by atoms with Crippen molar-refractivity contribution in [2.45, 2.75) is 0 Å². The van der Waals surface area contributed by atoms with Gasteiger partial charge in [0.2, 0.25) is 5.71 Å². The van der Waals surface area contributed by atoms with E-state index < -0.39 is 0 Å². The number of aromatic nitrogens is 6. The molecule has 0 saturated carbocycles. The van der Waals surface area contributed by atoms with Gasteiger partial charge in [0.15, 0.2) is 11.4 Å². The van der Waals surface area contributed by atoms with Crippen LogP contribution in [-0.4, -0.2) is 29.5 Å². The monoisotopic (exact) mass is 818 g/mol. The summed E-state index contributed by atoms with van der Waals surface area (Å²) in [6.07, 6.45) is 3.47. The van der Waals surface area contributed by atoms with E-state index in [2.05, 4.69) is 180 Å². The van der Waals surface area contributed by atoms with E-state index in [1.807, 2.05) is 24.4 Å². The van der Waals surface area contributed by atoms with Gasteiger partial charge in [0.25, 0.3) is 0 Å². The summed E-state index contributed by atoms with van der Waals surface area (Å²) >= 11 is 0. The van der Waals surface area contributed by atoms with Crippen LogP contribution in [0.2, 0.25) is 0 Å². The number of benzene rings is 8. The first-order valence-corrected chi connectivity index (χ1v) is 21.3. The minimum absolute atomic E-state index is 0.521. The molecule has 64 heavy (non-hydrogen) atoms. The van der Waals surface area contributed by atoms with Crippen molar-refractivity contribution < 1.29 is 4.42 Å². The van der Waals surface area contributed by atoms with Gasteiger partial charge in [0, 0.05) is 50.5 Å². The maximum atomic E-state index is 6.40. The third kappa shape index (κ3) is 5.94. The van der Waals surface area contributed by atoms with Crippen molar-refractivity contribution in [1.82, 2.24) is 29.5 Å². The first-order chi connectivity index (χ1) is 31.7. The molecule has 7 nitrogen and oxygen atoms in total. The smallest absolute Gasteiger partial charge is 0.229 e. The summed E-state index contributed by atoms with van der Waals surface area (Å²) in [5.74, 6) is 0.666. The highest BCUT2D eigenvalue weighted by Gasteiger charge is 2.18. The summed E-state index contributed by atoms with van der Waals surface area (Å²) in [7, 11) is 0. The second-order valence-electron chi connectivity index (χ2n) is 16.2. The third-order valence-electron chi connectivity index (χ3n) is 12.3. The van der Waals surface area contributed by atoms with E-state index in [4.69, 9.17) is 29.3 Å². The fourth-order valence-electron chi connectivity index (χ4n) is 9.21. The molecule has 5 aromatic heterocycles. The van der Waals surface area contributed by atoms with Gasteiger partial charge in [0.1, 0.15) is 17.5 Å². The Morgan fingerprint density at radius 2 is 1.03 bits per heavy atom. The zero-order valence-electron chi connectivity index (χ0n) is 34.2. The fraction of sp³-hybridized carbons (Fsp3) is 0. The molecule has 0 bridgehead atoms. The molecule has 0 spiro atoms. The predicted molar refractivity (Wildman–Crippen MR) is 259 cm³/mol. The standard InChI is InChI=1S/C57H34N6O/c1-2-11-37(12-3-1)56-61-49(32-50(62-56)41-15-10-16-45(30-41)63-51-19-8-6-17-46(51)47-18-7-9-20-52(47)63)36-23-21-35(22-24-36)44-31-48-54-55(64-57(48)58-33-44)53(59-34-60-54)42-26-25-40-27-38-13-4-5-14-39(38)28-43(40)29-42/h1-34H. The largest absolute Gasteiger partial charge is 0.434 e. The highest BCUT2D eigenvalue weighted by Crippen LogP contribution is 2.38. The molecule has 0 saturated heterocycles. The summed E-state index contributed by atoms with van der Waals surface area (Å²) in [6, 6.07) is 67.9. The molecular formula is C57H34N6O. The molecular weight excluding hydrogens is 785 g/mol. The van der Waals surface area contributed by atoms with E-state index in [0.29, 0.717) is 17.1 Å². The predicted octanol–water partition coefficient (Wildman–Crippen LogP) is 14.3. The second-order valence-corrected chi connectivity index (χ2v) is 16.2. The van der Waals surface area contributed by atoms with Gasteiger partial charge in [-0.25, -0.2) is 24.9 Å². The van der Waals surface area contributed by atoms with E-state index in [-0.39, 0.29) is 0 Å². The van der Waals surface area contributed by atoms with E-state index >= 15 is 0 Å². The van der Waals surface area contributed by atoms with E-state index in [0.717, 1.165) is 83.5 Å². The number of hydrogen-bond acceptors (Lipinski definition) is 6. The molecule has 13 aromatic rings. The van der Waals surface area contributed by atoms with Crippen LogP contribution in [-0.2, 0) is 0 Å². The topological polar surface area (TPSA) is 82.5 Å². The van der Waals surface area contributed by atoms with Crippen LogP contribution < -0.4 is 0 Å². The van der Waals surface area contributed by atoms with Crippen LogP contribution in [0, 0.1) is 0 Å². The maximum Gasteiger partial charge on any atom is 0.229 e. The van der Waals surface area contributed by atoms with Gasteiger partial charge < -0.3 is 8.98 Å². The number of nitrogens with zero attached hydrogens (tertiary/aromatic N) is 6. The van der Waals surface area contributed by atoms with Crippen LogP contribution in [0.15, 0.2) is 211 Å². The number of hydrogen-bond donors (Lipinski definition) is 0. The summed E-state index contributed by atoms with van der Waals surface area (Å²) in [5, 5.41) is 8.02. The molecule has 0 atom stereocenters. The lowest BCUT2D eigenvalue weighted by Crippen LogP contribution is -1.97. The zero-order valence-corrected chi connectivity index (χ0v) is 34.2. The molecule has 0 amide bonds. The van der Waals surface area contributed by atoms with E-state index in [9.17, 15) is 0 Å². The average molecular weight is 819 g/mol. The van der Waals surface area contributed by atoms with Gasteiger partial charge >= 0.3 is 0 Å². The molecule has 0 aliphatic rings. The lowest BCUT2D eigenvalue weighted by Gasteiger charge is -2.12. The van der Waals surface area contributed by atoms with Crippen molar-refractivity contribution in [3.63, 3.8) is 0 Å². The minimum Gasteiger partial charge on any atom is -0.434 e. The lowest BCUT2D eigenvalue weighted by atomic mass is 10.00. The Morgan fingerprint density at radius 3 is 1.81 bits per heavy atom. The quantitative estimate of drug-likeness (QED) is 0.155. The normalized spacial score (nSPS) is 11.8. The Labute approximate surface area is 366 Å². The van der Waals surface area contributed by atoms with Crippen LogP contribution in [0.3, 0.4) is 0 Å². The SMILES string of the molecule is c1ccc(-c2nc(-c3ccc(-c4cnc5oc6c(-c7ccc8cc9ccccc9cc8c7)ncnc6c5c4)cc3)cc(-c3cccc(-n4c5ccccc5c5ccccc54)c3)n2)cc1. The molecule has 8 aromatic carbocycles. The van der Waals surface area contributed by atoms with Crippen molar-refractivity contribution in [3.8, 4) is 62.0 Å². The van der Waals surface area contributed by atoms with Gasteiger partial charge in [0.05, 0.1) is 27.8 Å². The Bertz CT molecular complexity index is 3910. The van der Waals surface area contributed by atoms with Crippen molar-refractivity contribution >= 4 is 65.6 Å². The fourth-order valence-corrected chi connectivity index (χ4v) is 9.21. The maximum absolute atomic E-state index is 6.40. The Morgan fingerprint density at radius 1 is 0.391 bits per heavy atom. The highest BCUT2D eigenvalue weighted by molar-refractivity contribution is 6.10. The Balaban J connectivity index is 0.866. The number of pyridine rings is 1. The molecule has 0 unspecified atom stereocenters. The van der Waals surface area contributed by atoms with Crippen LogP contribution >= 0.6 is 0 Å².